The van der Waals surface area contributed by atoms with Gasteiger partial charge >= 0.3 is 11.9 Å². The minimum atomic E-state index is -1.68. The maximum atomic E-state index is 12.7. The van der Waals surface area contributed by atoms with Gasteiger partial charge in [-0.25, -0.2) is 0 Å². The zero-order valence-electron chi connectivity index (χ0n) is 15.5. The molecule has 0 amide bonds. The Balaban J connectivity index is 2.08. The molecule has 0 aliphatic rings. The number of unbranched alkanes of at least 4 members (excludes halogenated alkanes) is 2. The molecule has 0 spiro atoms. The molecule has 0 saturated heterocycles. The van der Waals surface area contributed by atoms with Crippen molar-refractivity contribution in [3.05, 3.63) is 84.4 Å². The first-order valence-corrected chi connectivity index (χ1v) is 9.22. The summed E-state index contributed by atoms with van der Waals surface area (Å²) in [5.41, 5.74) is 0.0295. The van der Waals surface area contributed by atoms with Gasteiger partial charge in [0.2, 0.25) is 0 Å². The second-order valence-corrected chi connectivity index (χ2v) is 6.51. The molecule has 1 unspecified atom stereocenters. The van der Waals surface area contributed by atoms with Crippen LogP contribution in [0, 0.1) is 0 Å². The van der Waals surface area contributed by atoms with Crippen LogP contribution in [-0.2, 0) is 26.2 Å². The van der Waals surface area contributed by atoms with E-state index < -0.39 is 17.4 Å². The lowest BCUT2D eigenvalue weighted by Gasteiger charge is -2.27. The molecule has 2 aromatic carbocycles. The fraction of sp³-hybridized carbons (Fsp3) is 0.304. The number of hydrogen-bond donors (Lipinski definition) is 1. The lowest BCUT2D eigenvalue weighted by atomic mass is 9.76. The summed E-state index contributed by atoms with van der Waals surface area (Å²) in [6, 6.07) is 18.8. The topological polar surface area (TPSA) is 63.6 Å². The first kappa shape index (κ1) is 20.4. The Hall–Kier alpha value is -2.88. The van der Waals surface area contributed by atoms with E-state index in [2.05, 4.69) is 18.7 Å². The Labute approximate surface area is 160 Å². The predicted octanol–water partition coefficient (Wildman–Crippen LogP) is 4.54. The highest BCUT2D eigenvalue weighted by Crippen LogP contribution is 2.33. The number of rotatable bonds is 11. The van der Waals surface area contributed by atoms with Crippen LogP contribution in [0.1, 0.15) is 36.8 Å². The average molecular weight is 366 g/mol. The van der Waals surface area contributed by atoms with Gasteiger partial charge in [-0.05, 0) is 30.4 Å². The van der Waals surface area contributed by atoms with Crippen molar-refractivity contribution in [3.8, 4) is 0 Å². The number of aliphatic carboxylic acids is 1. The lowest BCUT2D eigenvalue weighted by molar-refractivity contribution is -0.161. The van der Waals surface area contributed by atoms with Crippen molar-refractivity contribution < 1.29 is 19.4 Å². The van der Waals surface area contributed by atoms with E-state index in [-0.39, 0.29) is 13.0 Å². The van der Waals surface area contributed by atoms with Crippen molar-refractivity contribution in [2.24, 2.45) is 0 Å². The molecule has 0 aromatic heterocycles. The predicted molar refractivity (Wildman–Crippen MR) is 106 cm³/mol. The smallest absolute Gasteiger partial charge is 0.328 e. The summed E-state index contributed by atoms with van der Waals surface area (Å²) < 4.78 is 5.16. The fourth-order valence-electron chi connectivity index (χ4n) is 3.20. The largest absolute Gasteiger partial charge is 0.480 e. The lowest BCUT2D eigenvalue weighted by Crippen LogP contribution is -2.45. The molecule has 0 fully saturated rings. The second kappa shape index (κ2) is 10.3. The quantitative estimate of drug-likeness (QED) is 0.274. The number of carboxylic acids is 1. The molecule has 0 aliphatic carbocycles. The summed E-state index contributed by atoms with van der Waals surface area (Å²) in [6.07, 6.45) is 4.98. The number of esters is 1. The average Bonchev–Trinajstić information content (AvgIpc) is 2.70. The Morgan fingerprint density at radius 3 is 2.19 bits per heavy atom. The Morgan fingerprint density at radius 1 is 0.963 bits per heavy atom. The van der Waals surface area contributed by atoms with E-state index in [0.29, 0.717) is 12.0 Å². The summed E-state index contributed by atoms with van der Waals surface area (Å²) in [5.74, 6) is -1.91. The molecule has 0 radical (unpaired) electrons. The molecule has 27 heavy (non-hydrogen) atoms. The van der Waals surface area contributed by atoms with E-state index in [1.54, 1.807) is 30.3 Å². The van der Waals surface area contributed by atoms with E-state index in [9.17, 15) is 14.7 Å². The van der Waals surface area contributed by atoms with Crippen LogP contribution in [0.5, 0.6) is 0 Å². The number of carboxylic acid groups (broad SMARTS) is 1. The summed E-state index contributed by atoms with van der Waals surface area (Å²) in [6.45, 7) is 3.52. The third kappa shape index (κ3) is 5.30. The van der Waals surface area contributed by atoms with Crippen molar-refractivity contribution >= 4 is 11.9 Å². The molecular weight excluding hydrogens is 340 g/mol. The van der Waals surface area contributed by atoms with Gasteiger partial charge in [-0.2, -0.15) is 0 Å². The van der Waals surface area contributed by atoms with Gasteiger partial charge < -0.3 is 9.84 Å². The van der Waals surface area contributed by atoms with E-state index in [1.165, 1.54) is 11.6 Å². The molecule has 2 rings (SSSR count). The van der Waals surface area contributed by atoms with E-state index in [4.69, 9.17) is 4.74 Å². The monoisotopic (exact) mass is 366 g/mol. The summed E-state index contributed by atoms with van der Waals surface area (Å²) >= 11 is 0. The van der Waals surface area contributed by atoms with Crippen LogP contribution in [0.25, 0.3) is 0 Å². The number of ether oxygens (including phenoxy) is 1. The zero-order chi connectivity index (χ0) is 19.5. The molecule has 4 heteroatoms. The highest BCUT2D eigenvalue weighted by atomic mass is 16.5. The number of carbonyl (C=O) groups excluding carboxylic acids is 1. The van der Waals surface area contributed by atoms with Crippen LogP contribution >= 0.6 is 0 Å². The van der Waals surface area contributed by atoms with Gasteiger partial charge in [0.15, 0.2) is 5.41 Å². The van der Waals surface area contributed by atoms with Gasteiger partial charge in [-0.15, -0.1) is 0 Å². The Morgan fingerprint density at radius 2 is 1.59 bits per heavy atom. The van der Waals surface area contributed by atoms with Crippen molar-refractivity contribution in [1.82, 2.24) is 0 Å². The SMILES string of the molecule is C=CCOC(=O)C(CCCCCc1ccccc1)(C(=O)O)c1ccccc1. The van der Waals surface area contributed by atoms with Crippen LogP contribution < -0.4 is 0 Å². The molecular formula is C23H26O4. The normalized spacial score (nSPS) is 12.7. The number of hydrogen-bond acceptors (Lipinski definition) is 3. The van der Waals surface area contributed by atoms with Crippen LogP contribution in [0.2, 0.25) is 0 Å². The Kier molecular flexibility index (Phi) is 7.80. The van der Waals surface area contributed by atoms with Gasteiger partial charge in [0.25, 0.3) is 0 Å². The van der Waals surface area contributed by atoms with Crippen LogP contribution in [0.15, 0.2) is 73.3 Å². The molecule has 0 aliphatic heterocycles. The molecule has 4 nitrogen and oxygen atoms in total. The standard InChI is InChI=1S/C23H26O4/c1-2-18-27-22(26)23(21(24)25,20-15-9-4-10-16-20)17-11-5-8-14-19-12-6-3-7-13-19/h2-4,6-7,9-10,12-13,15-16H,1,5,8,11,14,17-18H2,(H,24,25). The molecule has 1 N–H and O–H groups in total. The van der Waals surface area contributed by atoms with E-state index >= 15 is 0 Å². The van der Waals surface area contributed by atoms with E-state index in [0.717, 1.165) is 19.3 Å². The van der Waals surface area contributed by atoms with Crippen molar-refractivity contribution in [1.29, 1.82) is 0 Å². The minimum absolute atomic E-state index is 0.00525. The van der Waals surface area contributed by atoms with Crippen molar-refractivity contribution in [2.75, 3.05) is 6.61 Å². The third-order valence-electron chi connectivity index (χ3n) is 4.67. The van der Waals surface area contributed by atoms with Crippen LogP contribution in [-0.4, -0.2) is 23.7 Å². The first-order chi connectivity index (χ1) is 13.1. The second-order valence-electron chi connectivity index (χ2n) is 6.51. The van der Waals surface area contributed by atoms with Crippen molar-refractivity contribution in [2.45, 2.75) is 37.5 Å². The summed E-state index contributed by atoms with van der Waals surface area (Å²) in [4.78, 5) is 24.9. The van der Waals surface area contributed by atoms with Crippen LogP contribution in [0.4, 0.5) is 0 Å². The first-order valence-electron chi connectivity index (χ1n) is 9.22. The molecule has 0 saturated carbocycles. The third-order valence-corrected chi connectivity index (χ3v) is 4.67. The highest BCUT2D eigenvalue weighted by Gasteiger charge is 2.48. The van der Waals surface area contributed by atoms with Crippen LogP contribution in [0.3, 0.4) is 0 Å². The molecule has 0 heterocycles. The molecule has 2 aromatic rings. The minimum Gasteiger partial charge on any atom is -0.480 e. The maximum absolute atomic E-state index is 12.7. The molecule has 0 bridgehead atoms. The van der Waals surface area contributed by atoms with Gasteiger partial charge in [-0.1, -0.05) is 86.2 Å². The maximum Gasteiger partial charge on any atom is 0.328 e. The number of carbonyl (C=O) groups is 2. The summed E-state index contributed by atoms with van der Waals surface area (Å²) in [5, 5.41) is 9.95. The van der Waals surface area contributed by atoms with E-state index in [1.807, 2.05) is 18.2 Å². The highest BCUT2D eigenvalue weighted by molar-refractivity contribution is 6.05. The van der Waals surface area contributed by atoms with Gasteiger partial charge in [0.1, 0.15) is 6.61 Å². The zero-order valence-corrected chi connectivity index (χ0v) is 15.5. The van der Waals surface area contributed by atoms with Gasteiger partial charge in [0.05, 0.1) is 0 Å². The fourth-order valence-corrected chi connectivity index (χ4v) is 3.20. The van der Waals surface area contributed by atoms with Crippen molar-refractivity contribution in [3.63, 3.8) is 0 Å². The number of aryl methyl sites for hydroxylation is 1. The number of benzene rings is 2. The molecule has 142 valence electrons. The Bertz CT molecular complexity index is 739. The molecule has 1 atom stereocenters. The van der Waals surface area contributed by atoms with Gasteiger partial charge in [-0.3, -0.25) is 9.59 Å². The summed E-state index contributed by atoms with van der Waals surface area (Å²) in [7, 11) is 0. The van der Waals surface area contributed by atoms with Gasteiger partial charge in [0, 0.05) is 0 Å².